The molecule has 0 radical (unpaired) electrons. The third-order valence-corrected chi connectivity index (χ3v) is 4.35. The first kappa shape index (κ1) is 13.7. The average Bonchev–Trinajstić information content (AvgIpc) is 2.41. The average molecular weight is 253 g/mol. The fraction of sp³-hybridized carbons (Fsp3) is 0.929. The zero-order valence-electron chi connectivity index (χ0n) is 11.8. The van der Waals surface area contributed by atoms with Gasteiger partial charge < -0.3 is 15.1 Å². The van der Waals surface area contributed by atoms with E-state index < -0.39 is 0 Å². The van der Waals surface area contributed by atoms with Gasteiger partial charge in [-0.3, -0.25) is 0 Å². The highest BCUT2D eigenvalue weighted by Gasteiger charge is 2.29. The summed E-state index contributed by atoms with van der Waals surface area (Å²) in [7, 11) is 0. The molecule has 1 atom stereocenters. The lowest BCUT2D eigenvalue weighted by Crippen LogP contribution is -2.54. The van der Waals surface area contributed by atoms with Gasteiger partial charge in [-0.1, -0.05) is 6.92 Å². The molecule has 0 aliphatic carbocycles. The fourth-order valence-corrected chi connectivity index (χ4v) is 3.03. The SMILES string of the molecule is CCN(C(=O)N1CCC(C)CC1)C1CCCNC1. The van der Waals surface area contributed by atoms with Gasteiger partial charge in [0.05, 0.1) is 0 Å². The van der Waals surface area contributed by atoms with E-state index in [9.17, 15) is 4.79 Å². The van der Waals surface area contributed by atoms with Crippen LogP contribution in [0.4, 0.5) is 4.79 Å². The summed E-state index contributed by atoms with van der Waals surface area (Å²) >= 11 is 0. The van der Waals surface area contributed by atoms with E-state index in [0.717, 1.165) is 57.9 Å². The number of urea groups is 1. The molecule has 0 bridgehead atoms. The highest BCUT2D eigenvalue weighted by molar-refractivity contribution is 5.75. The first-order valence-corrected chi connectivity index (χ1v) is 7.48. The lowest BCUT2D eigenvalue weighted by Gasteiger charge is -2.39. The minimum Gasteiger partial charge on any atom is -0.325 e. The number of nitrogens with one attached hydrogen (secondary N) is 1. The van der Waals surface area contributed by atoms with Gasteiger partial charge in [0.15, 0.2) is 0 Å². The van der Waals surface area contributed by atoms with Crippen LogP contribution in [0.3, 0.4) is 0 Å². The number of nitrogens with zero attached hydrogens (tertiary/aromatic N) is 2. The zero-order chi connectivity index (χ0) is 13.0. The van der Waals surface area contributed by atoms with Crippen LogP contribution in [0.2, 0.25) is 0 Å². The number of rotatable bonds is 2. The summed E-state index contributed by atoms with van der Waals surface area (Å²) in [5.41, 5.74) is 0. The lowest BCUT2D eigenvalue weighted by atomic mass is 9.99. The molecule has 0 spiro atoms. The number of piperidine rings is 2. The van der Waals surface area contributed by atoms with Crippen molar-refractivity contribution >= 4 is 6.03 Å². The van der Waals surface area contributed by atoms with Gasteiger partial charge in [-0.25, -0.2) is 4.79 Å². The molecule has 2 heterocycles. The Morgan fingerprint density at radius 3 is 2.61 bits per heavy atom. The number of carbonyl (C=O) groups is 1. The third kappa shape index (κ3) is 3.16. The molecule has 4 nitrogen and oxygen atoms in total. The second-order valence-corrected chi connectivity index (χ2v) is 5.74. The molecule has 0 saturated carbocycles. The quantitative estimate of drug-likeness (QED) is 0.816. The number of hydrogen-bond acceptors (Lipinski definition) is 2. The largest absolute Gasteiger partial charge is 0.325 e. The highest BCUT2D eigenvalue weighted by Crippen LogP contribution is 2.19. The van der Waals surface area contributed by atoms with E-state index in [1.165, 1.54) is 6.42 Å². The number of amides is 2. The van der Waals surface area contributed by atoms with Gasteiger partial charge in [0.25, 0.3) is 0 Å². The summed E-state index contributed by atoms with van der Waals surface area (Å²) in [6.45, 7) is 9.15. The smallest absolute Gasteiger partial charge is 0.320 e. The van der Waals surface area contributed by atoms with Crippen LogP contribution in [0.15, 0.2) is 0 Å². The van der Waals surface area contributed by atoms with Crippen LogP contribution in [-0.2, 0) is 0 Å². The Balaban J connectivity index is 1.92. The molecule has 2 saturated heterocycles. The maximum atomic E-state index is 12.6. The summed E-state index contributed by atoms with van der Waals surface area (Å²) in [5.74, 6) is 0.778. The predicted molar refractivity (Wildman–Crippen MR) is 73.6 cm³/mol. The van der Waals surface area contributed by atoms with Crippen molar-refractivity contribution in [1.29, 1.82) is 0 Å². The second kappa shape index (κ2) is 6.41. The minimum atomic E-state index is 0.262. The van der Waals surface area contributed by atoms with Crippen molar-refractivity contribution in [2.45, 2.75) is 45.6 Å². The van der Waals surface area contributed by atoms with Gasteiger partial charge in [0.2, 0.25) is 0 Å². The molecule has 2 amide bonds. The molecule has 1 N–H and O–H groups in total. The fourth-order valence-electron chi connectivity index (χ4n) is 3.03. The van der Waals surface area contributed by atoms with Crippen molar-refractivity contribution in [3.05, 3.63) is 0 Å². The first-order valence-electron chi connectivity index (χ1n) is 7.48. The van der Waals surface area contributed by atoms with Crippen molar-refractivity contribution in [2.75, 3.05) is 32.7 Å². The number of carbonyl (C=O) groups excluding carboxylic acids is 1. The Morgan fingerprint density at radius 1 is 1.33 bits per heavy atom. The van der Waals surface area contributed by atoms with E-state index in [0.29, 0.717) is 6.04 Å². The molecule has 18 heavy (non-hydrogen) atoms. The predicted octanol–water partition coefficient (Wildman–Crippen LogP) is 1.91. The first-order chi connectivity index (χ1) is 8.72. The van der Waals surface area contributed by atoms with Crippen molar-refractivity contribution < 1.29 is 4.79 Å². The molecule has 2 aliphatic rings. The monoisotopic (exact) mass is 253 g/mol. The molecule has 1 unspecified atom stereocenters. The zero-order valence-corrected chi connectivity index (χ0v) is 11.8. The molecular weight excluding hydrogens is 226 g/mol. The number of hydrogen-bond donors (Lipinski definition) is 1. The molecule has 0 aromatic carbocycles. The van der Waals surface area contributed by atoms with Crippen LogP contribution in [0.1, 0.15) is 39.5 Å². The molecule has 104 valence electrons. The van der Waals surface area contributed by atoms with E-state index in [2.05, 4.69) is 29.0 Å². The molecule has 2 aliphatic heterocycles. The van der Waals surface area contributed by atoms with Crippen molar-refractivity contribution in [3.63, 3.8) is 0 Å². The van der Waals surface area contributed by atoms with Crippen LogP contribution >= 0.6 is 0 Å². The summed E-state index contributed by atoms with van der Waals surface area (Å²) in [6, 6.07) is 0.661. The molecular formula is C14H27N3O. The standard InChI is InChI=1S/C14H27N3O/c1-3-17(13-5-4-8-15-11-13)14(18)16-9-6-12(2)7-10-16/h12-13,15H,3-11H2,1-2H3. The van der Waals surface area contributed by atoms with E-state index in [-0.39, 0.29) is 6.03 Å². The van der Waals surface area contributed by atoms with Gasteiger partial charge in [-0.05, 0) is 45.1 Å². The lowest BCUT2D eigenvalue weighted by molar-refractivity contribution is 0.113. The van der Waals surface area contributed by atoms with Gasteiger partial charge >= 0.3 is 6.03 Å². The summed E-state index contributed by atoms with van der Waals surface area (Å²) in [4.78, 5) is 16.7. The summed E-state index contributed by atoms with van der Waals surface area (Å²) in [6.07, 6.45) is 4.65. The Bertz CT molecular complexity index is 268. The molecule has 0 aromatic heterocycles. The van der Waals surface area contributed by atoms with Crippen molar-refractivity contribution in [1.82, 2.24) is 15.1 Å². The number of likely N-dealkylation sites (tertiary alicyclic amines) is 1. The van der Waals surface area contributed by atoms with Crippen LogP contribution in [-0.4, -0.2) is 54.6 Å². The van der Waals surface area contributed by atoms with Gasteiger partial charge in [0, 0.05) is 32.2 Å². The Morgan fingerprint density at radius 2 is 2.06 bits per heavy atom. The Hall–Kier alpha value is -0.770. The highest BCUT2D eigenvalue weighted by atomic mass is 16.2. The van der Waals surface area contributed by atoms with Crippen LogP contribution in [0.25, 0.3) is 0 Å². The molecule has 2 fully saturated rings. The van der Waals surface area contributed by atoms with Crippen LogP contribution in [0.5, 0.6) is 0 Å². The van der Waals surface area contributed by atoms with Gasteiger partial charge in [-0.15, -0.1) is 0 Å². The molecule has 0 aromatic rings. The number of likely N-dealkylation sites (N-methyl/N-ethyl adjacent to an activating group) is 1. The maximum Gasteiger partial charge on any atom is 0.320 e. The Kier molecular flexibility index (Phi) is 4.87. The van der Waals surface area contributed by atoms with E-state index in [4.69, 9.17) is 0 Å². The van der Waals surface area contributed by atoms with Crippen LogP contribution in [0, 0.1) is 5.92 Å². The van der Waals surface area contributed by atoms with Gasteiger partial charge in [0.1, 0.15) is 0 Å². The summed E-state index contributed by atoms with van der Waals surface area (Å²) < 4.78 is 0. The van der Waals surface area contributed by atoms with Crippen molar-refractivity contribution in [2.24, 2.45) is 5.92 Å². The Labute approximate surface area is 111 Å². The minimum absolute atomic E-state index is 0.262. The van der Waals surface area contributed by atoms with E-state index >= 15 is 0 Å². The van der Waals surface area contributed by atoms with Crippen LogP contribution < -0.4 is 5.32 Å². The summed E-state index contributed by atoms with van der Waals surface area (Å²) in [5, 5.41) is 3.40. The molecule has 4 heteroatoms. The third-order valence-electron chi connectivity index (χ3n) is 4.35. The maximum absolute atomic E-state index is 12.6. The van der Waals surface area contributed by atoms with E-state index in [1.54, 1.807) is 0 Å². The molecule has 2 rings (SSSR count). The van der Waals surface area contributed by atoms with Gasteiger partial charge in [-0.2, -0.15) is 0 Å². The normalized spacial score (nSPS) is 26.1. The topological polar surface area (TPSA) is 35.6 Å². The van der Waals surface area contributed by atoms with E-state index in [1.807, 2.05) is 0 Å². The second-order valence-electron chi connectivity index (χ2n) is 5.74. The van der Waals surface area contributed by atoms with Crippen molar-refractivity contribution in [3.8, 4) is 0 Å².